The van der Waals surface area contributed by atoms with E-state index in [9.17, 15) is 4.79 Å². The molecule has 0 heterocycles. The minimum Gasteiger partial charge on any atom is -0.370 e. The first-order valence-corrected chi connectivity index (χ1v) is 4.02. The van der Waals surface area contributed by atoms with Crippen LogP contribution >= 0.6 is 12.4 Å². The lowest BCUT2D eigenvalue weighted by molar-refractivity contribution is 0.259. The van der Waals surface area contributed by atoms with Gasteiger partial charge in [0, 0.05) is 5.69 Å². The average Bonchev–Trinajstić information content (AvgIpc) is 2.17. The van der Waals surface area contributed by atoms with Crippen molar-refractivity contribution in [3.63, 3.8) is 0 Å². The highest BCUT2D eigenvalue weighted by Crippen LogP contribution is 2.08. The van der Waals surface area contributed by atoms with Gasteiger partial charge in [0.2, 0.25) is 0 Å². The van der Waals surface area contributed by atoms with Crippen molar-refractivity contribution in [3.8, 4) is 6.07 Å². The molecule has 0 atom stereocenters. The standard InChI is InChI=1S/C9H9N5O.ClH/c10-5-6-1-3-7(4-2-6)13-9(15)14-8(11)12;/h1-4H,(H5,11,12,13,14,15);1H. The molecule has 0 unspecified atom stereocenters. The van der Waals surface area contributed by atoms with Crippen LogP contribution in [-0.2, 0) is 0 Å². The smallest absolute Gasteiger partial charge is 0.348 e. The predicted octanol–water partition coefficient (Wildman–Crippen LogP) is 0.785. The molecule has 0 fully saturated rings. The average molecular weight is 240 g/mol. The van der Waals surface area contributed by atoms with E-state index in [1.807, 2.05) is 6.07 Å². The summed E-state index contributed by atoms with van der Waals surface area (Å²) in [5.41, 5.74) is 11.1. The Balaban J connectivity index is 0.00000225. The van der Waals surface area contributed by atoms with Crippen LogP contribution in [0.15, 0.2) is 29.3 Å². The first-order valence-electron chi connectivity index (χ1n) is 4.02. The minimum absolute atomic E-state index is 0. The first kappa shape index (κ1) is 13.7. The Bertz CT molecular complexity index is 430. The molecular formula is C9H10ClN5O. The number of nitrogens with one attached hydrogen (secondary N) is 1. The maximum atomic E-state index is 11.1. The van der Waals surface area contributed by atoms with Crippen molar-refractivity contribution < 1.29 is 4.79 Å². The van der Waals surface area contributed by atoms with Gasteiger partial charge in [0.1, 0.15) is 0 Å². The molecule has 1 aromatic rings. The molecule has 0 aliphatic rings. The van der Waals surface area contributed by atoms with E-state index in [0.29, 0.717) is 11.3 Å². The summed E-state index contributed by atoms with van der Waals surface area (Å²) in [5.74, 6) is -0.304. The number of rotatable bonds is 1. The number of nitrogens with two attached hydrogens (primary N) is 2. The van der Waals surface area contributed by atoms with Gasteiger partial charge in [-0.25, -0.2) is 4.79 Å². The van der Waals surface area contributed by atoms with Gasteiger partial charge in [-0.3, -0.25) is 0 Å². The summed E-state index contributed by atoms with van der Waals surface area (Å²) in [6.07, 6.45) is 0. The first-order chi connectivity index (χ1) is 7.11. The zero-order chi connectivity index (χ0) is 11.3. The van der Waals surface area contributed by atoms with Crippen LogP contribution in [0, 0.1) is 11.3 Å². The van der Waals surface area contributed by atoms with Crippen molar-refractivity contribution in [2.24, 2.45) is 16.5 Å². The van der Waals surface area contributed by atoms with Gasteiger partial charge in [0.05, 0.1) is 11.6 Å². The van der Waals surface area contributed by atoms with Crippen LogP contribution in [0.3, 0.4) is 0 Å². The third kappa shape index (κ3) is 4.30. The van der Waals surface area contributed by atoms with Gasteiger partial charge in [0.15, 0.2) is 5.96 Å². The largest absolute Gasteiger partial charge is 0.370 e. The van der Waals surface area contributed by atoms with Crippen LogP contribution in [0.25, 0.3) is 0 Å². The van der Waals surface area contributed by atoms with E-state index >= 15 is 0 Å². The quantitative estimate of drug-likeness (QED) is 0.496. The Morgan fingerprint density at radius 3 is 2.31 bits per heavy atom. The van der Waals surface area contributed by atoms with Crippen LogP contribution in [-0.4, -0.2) is 12.0 Å². The van der Waals surface area contributed by atoms with Crippen molar-refractivity contribution >= 4 is 30.1 Å². The number of guanidine groups is 1. The molecule has 0 radical (unpaired) electrons. The Hall–Kier alpha value is -2.26. The van der Waals surface area contributed by atoms with Gasteiger partial charge < -0.3 is 16.8 Å². The lowest BCUT2D eigenvalue weighted by Gasteiger charge is -2.00. The summed E-state index contributed by atoms with van der Waals surface area (Å²) in [4.78, 5) is 14.3. The molecule has 6 nitrogen and oxygen atoms in total. The molecule has 0 spiro atoms. The monoisotopic (exact) mass is 239 g/mol. The highest BCUT2D eigenvalue weighted by molar-refractivity contribution is 5.98. The number of carbonyl (C=O) groups is 1. The molecule has 16 heavy (non-hydrogen) atoms. The number of amides is 2. The molecule has 0 saturated heterocycles. The van der Waals surface area contributed by atoms with E-state index < -0.39 is 6.03 Å². The predicted molar refractivity (Wildman–Crippen MR) is 63.2 cm³/mol. The number of benzene rings is 1. The Kier molecular flexibility index (Phi) is 5.38. The molecule has 0 aromatic heterocycles. The SMILES string of the molecule is Cl.N#Cc1ccc(NC(=O)N=C(N)N)cc1. The summed E-state index contributed by atoms with van der Waals surface area (Å²) >= 11 is 0. The molecule has 1 aromatic carbocycles. The lowest BCUT2D eigenvalue weighted by Crippen LogP contribution is -2.25. The van der Waals surface area contributed by atoms with Crippen molar-refractivity contribution in [2.75, 3.05) is 5.32 Å². The van der Waals surface area contributed by atoms with E-state index in [1.54, 1.807) is 24.3 Å². The van der Waals surface area contributed by atoms with E-state index in [-0.39, 0.29) is 18.4 Å². The topological polar surface area (TPSA) is 117 Å². The number of anilines is 1. The molecule has 0 aliphatic carbocycles. The van der Waals surface area contributed by atoms with Gasteiger partial charge in [-0.2, -0.15) is 10.3 Å². The summed E-state index contributed by atoms with van der Waals surface area (Å²) in [6.45, 7) is 0. The maximum Gasteiger partial charge on any atom is 0.348 e. The fourth-order valence-electron chi connectivity index (χ4n) is 0.897. The van der Waals surface area contributed by atoms with E-state index in [4.69, 9.17) is 16.7 Å². The Morgan fingerprint density at radius 1 is 1.31 bits per heavy atom. The fourth-order valence-corrected chi connectivity index (χ4v) is 0.897. The number of halogens is 1. The molecule has 2 amide bonds. The normalized spacial score (nSPS) is 8.19. The number of aliphatic imine (C=N–C) groups is 1. The summed E-state index contributed by atoms with van der Waals surface area (Å²) < 4.78 is 0. The molecule has 7 heteroatoms. The summed E-state index contributed by atoms with van der Waals surface area (Å²) in [6, 6.07) is 7.62. The van der Waals surface area contributed by atoms with E-state index in [2.05, 4.69) is 10.3 Å². The molecule has 1 rings (SSSR count). The van der Waals surface area contributed by atoms with Crippen LogP contribution in [0.1, 0.15) is 5.56 Å². The second-order valence-corrected chi connectivity index (χ2v) is 2.66. The van der Waals surface area contributed by atoms with Crippen molar-refractivity contribution in [1.82, 2.24) is 0 Å². The third-order valence-corrected chi connectivity index (χ3v) is 1.50. The maximum absolute atomic E-state index is 11.1. The Morgan fingerprint density at radius 2 is 1.88 bits per heavy atom. The van der Waals surface area contributed by atoms with Gasteiger partial charge in [0.25, 0.3) is 0 Å². The molecule has 84 valence electrons. The zero-order valence-electron chi connectivity index (χ0n) is 8.18. The Labute approximate surface area is 98.4 Å². The van der Waals surface area contributed by atoms with Gasteiger partial charge in [-0.1, -0.05) is 0 Å². The number of nitriles is 1. The highest BCUT2D eigenvalue weighted by atomic mass is 35.5. The van der Waals surface area contributed by atoms with E-state index in [0.717, 1.165) is 0 Å². The van der Waals surface area contributed by atoms with Crippen molar-refractivity contribution in [1.29, 1.82) is 5.26 Å². The second-order valence-electron chi connectivity index (χ2n) is 2.66. The molecule has 0 saturated carbocycles. The molecule has 5 N–H and O–H groups in total. The fraction of sp³-hybridized carbons (Fsp3) is 0. The van der Waals surface area contributed by atoms with Crippen LogP contribution in [0.2, 0.25) is 0 Å². The van der Waals surface area contributed by atoms with Crippen LogP contribution in [0.4, 0.5) is 10.5 Å². The number of carbonyl (C=O) groups excluding carboxylic acids is 1. The number of hydrogen-bond acceptors (Lipinski definition) is 2. The summed E-state index contributed by atoms with van der Waals surface area (Å²) in [7, 11) is 0. The lowest BCUT2D eigenvalue weighted by atomic mass is 10.2. The van der Waals surface area contributed by atoms with Crippen LogP contribution in [0.5, 0.6) is 0 Å². The zero-order valence-corrected chi connectivity index (χ0v) is 8.99. The summed E-state index contributed by atoms with van der Waals surface area (Å²) in [5, 5.41) is 11.0. The van der Waals surface area contributed by atoms with Crippen molar-refractivity contribution in [2.45, 2.75) is 0 Å². The highest BCUT2D eigenvalue weighted by Gasteiger charge is 1.99. The molecular weight excluding hydrogens is 230 g/mol. The number of nitrogens with zero attached hydrogens (tertiary/aromatic N) is 2. The van der Waals surface area contributed by atoms with Crippen LogP contribution < -0.4 is 16.8 Å². The van der Waals surface area contributed by atoms with Crippen molar-refractivity contribution in [3.05, 3.63) is 29.8 Å². The third-order valence-electron chi connectivity index (χ3n) is 1.50. The van der Waals surface area contributed by atoms with Gasteiger partial charge in [-0.05, 0) is 24.3 Å². The number of hydrogen-bond donors (Lipinski definition) is 3. The van der Waals surface area contributed by atoms with E-state index in [1.165, 1.54) is 0 Å². The second kappa shape index (κ2) is 6.27. The number of urea groups is 1. The molecule has 0 aliphatic heterocycles. The minimum atomic E-state index is -0.653. The van der Waals surface area contributed by atoms with Gasteiger partial charge >= 0.3 is 6.03 Å². The molecule has 0 bridgehead atoms. The van der Waals surface area contributed by atoms with Gasteiger partial charge in [-0.15, -0.1) is 12.4 Å².